The van der Waals surface area contributed by atoms with E-state index in [9.17, 15) is 4.21 Å². The summed E-state index contributed by atoms with van der Waals surface area (Å²) in [7, 11) is 2.70. The Hall–Kier alpha value is -0.710. The molecular formula is C15H25NO2S. The van der Waals surface area contributed by atoms with Crippen LogP contribution in [0, 0.1) is 0 Å². The van der Waals surface area contributed by atoms with Crippen molar-refractivity contribution in [3.05, 3.63) is 35.4 Å². The molecule has 1 aromatic rings. The highest BCUT2D eigenvalue weighted by molar-refractivity contribution is 7.85. The van der Waals surface area contributed by atoms with Crippen molar-refractivity contribution in [1.29, 1.82) is 0 Å². The van der Waals surface area contributed by atoms with Crippen molar-refractivity contribution in [3.63, 3.8) is 0 Å². The predicted octanol–water partition coefficient (Wildman–Crippen LogP) is 2.47. The molecule has 1 N–H and O–H groups in total. The molecule has 0 aliphatic carbocycles. The monoisotopic (exact) mass is 283 g/mol. The predicted molar refractivity (Wildman–Crippen MR) is 82.1 cm³/mol. The van der Waals surface area contributed by atoms with Gasteiger partial charge in [0.2, 0.25) is 0 Å². The third kappa shape index (κ3) is 5.43. The van der Waals surface area contributed by atoms with Gasteiger partial charge in [0, 0.05) is 35.5 Å². The van der Waals surface area contributed by atoms with Crippen LogP contribution in [0.15, 0.2) is 24.3 Å². The summed E-state index contributed by atoms with van der Waals surface area (Å²) >= 11 is 0. The molecule has 0 aliphatic heterocycles. The van der Waals surface area contributed by atoms with E-state index in [1.165, 1.54) is 11.1 Å². The molecule has 0 heterocycles. The Labute approximate surface area is 119 Å². The van der Waals surface area contributed by atoms with E-state index in [-0.39, 0.29) is 6.04 Å². The van der Waals surface area contributed by atoms with Crippen LogP contribution in [0.4, 0.5) is 0 Å². The number of benzene rings is 1. The van der Waals surface area contributed by atoms with E-state index in [1.807, 2.05) is 7.05 Å². The molecule has 0 saturated carbocycles. The summed E-state index contributed by atoms with van der Waals surface area (Å²) < 4.78 is 16.9. The topological polar surface area (TPSA) is 38.3 Å². The van der Waals surface area contributed by atoms with Gasteiger partial charge in [-0.25, -0.2) is 0 Å². The molecule has 108 valence electrons. The van der Waals surface area contributed by atoms with Gasteiger partial charge >= 0.3 is 0 Å². The third-order valence-corrected chi connectivity index (χ3v) is 4.55. The molecular weight excluding hydrogens is 258 g/mol. The second-order valence-electron chi connectivity index (χ2n) is 4.97. The summed E-state index contributed by atoms with van der Waals surface area (Å²) in [6, 6.07) is 8.71. The van der Waals surface area contributed by atoms with Crippen LogP contribution in [0.1, 0.15) is 36.9 Å². The Balaban J connectivity index is 2.66. The third-order valence-electron chi connectivity index (χ3n) is 3.22. The van der Waals surface area contributed by atoms with Crippen molar-refractivity contribution >= 4 is 10.8 Å². The van der Waals surface area contributed by atoms with Crippen LogP contribution in [0.3, 0.4) is 0 Å². The second kappa shape index (κ2) is 8.46. The van der Waals surface area contributed by atoms with E-state index in [1.54, 1.807) is 7.11 Å². The Morgan fingerprint density at radius 1 is 1.21 bits per heavy atom. The fraction of sp³-hybridized carbons (Fsp3) is 0.600. The summed E-state index contributed by atoms with van der Waals surface area (Å²) in [5.41, 5.74) is 2.52. The number of methoxy groups -OCH3 is 1. The van der Waals surface area contributed by atoms with Crippen LogP contribution in [-0.2, 0) is 15.5 Å². The molecule has 2 atom stereocenters. The maximum absolute atomic E-state index is 11.9. The molecule has 4 heteroatoms. The van der Waals surface area contributed by atoms with Crippen LogP contribution in [0.2, 0.25) is 0 Å². The fourth-order valence-corrected chi connectivity index (χ4v) is 3.16. The second-order valence-corrected chi connectivity index (χ2v) is 6.59. The maximum Gasteiger partial charge on any atom is 0.0577 e. The molecule has 0 amide bonds. The Morgan fingerprint density at radius 3 is 2.26 bits per heavy atom. The van der Waals surface area contributed by atoms with Gasteiger partial charge in [-0.05, 0) is 24.1 Å². The molecule has 1 rings (SSSR count). The minimum atomic E-state index is -0.852. The Kier molecular flexibility index (Phi) is 7.28. The highest BCUT2D eigenvalue weighted by Gasteiger charge is 2.13. The lowest BCUT2D eigenvalue weighted by Crippen LogP contribution is -2.24. The quantitative estimate of drug-likeness (QED) is 0.796. The van der Waals surface area contributed by atoms with E-state index in [0.29, 0.717) is 24.0 Å². The first-order valence-corrected chi connectivity index (χ1v) is 8.18. The number of ether oxygens (including phenoxy) is 1. The lowest BCUT2D eigenvalue weighted by molar-refractivity contribution is 0.218. The van der Waals surface area contributed by atoms with Crippen LogP contribution in [0.5, 0.6) is 0 Å². The minimum absolute atomic E-state index is 0.138. The van der Waals surface area contributed by atoms with E-state index < -0.39 is 10.8 Å². The zero-order valence-electron chi connectivity index (χ0n) is 12.3. The first-order chi connectivity index (χ1) is 9.08. The van der Waals surface area contributed by atoms with E-state index >= 15 is 0 Å². The highest BCUT2D eigenvalue weighted by Crippen LogP contribution is 2.19. The van der Waals surface area contributed by atoms with Crippen LogP contribution < -0.4 is 5.32 Å². The maximum atomic E-state index is 11.9. The summed E-state index contributed by atoms with van der Waals surface area (Å²) in [6.07, 6.45) is 0. The van der Waals surface area contributed by atoms with Crippen molar-refractivity contribution < 1.29 is 8.95 Å². The van der Waals surface area contributed by atoms with E-state index in [2.05, 4.69) is 43.4 Å². The number of hydrogen-bond acceptors (Lipinski definition) is 3. The van der Waals surface area contributed by atoms with Gasteiger partial charge in [0.1, 0.15) is 0 Å². The first kappa shape index (κ1) is 16.3. The van der Waals surface area contributed by atoms with Gasteiger partial charge in [-0.3, -0.25) is 4.21 Å². The van der Waals surface area contributed by atoms with Crippen molar-refractivity contribution in [1.82, 2.24) is 5.32 Å². The van der Waals surface area contributed by atoms with Gasteiger partial charge in [-0.1, -0.05) is 38.1 Å². The molecule has 0 aliphatic rings. The molecule has 0 saturated heterocycles. The molecule has 3 nitrogen and oxygen atoms in total. The molecule has 1 aromatic carbocycles. The Bertz CT molecular complexity index is 390. The normalized spacial score (nSPS) is 14.6. The Morgan fingerprint density at radius 2 is 1.79 bits per heavy atom. The molecule has 0 radical (unpaired) electrons. The molecule has 0 spiro atoms. The first-order valence-electron chi connectivity index (χ1n) is 6.69. The average molecular weight is 283 g/mol. The zero-order chi connectivity index (χ0) is 14.3. The smallest absolute Gasteiger partial charge is 0.0577 e. The minimum Gasteiger partial charge on any atom is -0.384 e. The fourth-order valence-electron chi connectivity index (χ4n) is 1.90. The van der Waals surface area contributed by atoms with Crippen LogP contribution in [-0.4, -0.2) is 36.5 Å². The number of hydrogen-bond donors (Lipinski definition) is 1. The van der Waals surface area contributed by atoms with Crippen molar-refractivity contribution in [3.8, 4) is 0 Å². The highest BCUT2D eigenvalue weighted by atomic mass is 32.2. The van der Waals surface area contributed by atoms with Crippen molar-refractivity contribution in [2.45, 2.75) is 25.8 Å². The van der Waals surface area contributed by atoms with Gasteiger partial charge in [-0.15, -0.1) is 0 Å². The lowest BCUT2D eigenvalue weighted by Gasteiger charge is -2.17. The average Bonchev–Trinajstić information content (AvgIpc) is 2.42. The van der Waals surface area contributed by atoms with Gasteiger partial charge in [0.05, 0.1) is 6.61 Å². The molecule has 2 unspecified atom stereocenters. The lowest BCUT2D eigenvalue weighted by atomic mass is 10.00. The van der Waals surface area contributed by atoms with Gasteiger partial charge in [0.15, 0.2) is 0 Å². The van der Waals surface area contributed by atoms with Crippen molar-refractivity contribution in [2.24, 2.45) is 0 Å². The number of rotatable bonds is 8. The summed E-state index contributed by atoms with van der Waals surface area (Å²) in [6.45, 7) is 4.92. The summed E-state index contributed by atoms with van der Waals surface area (Å²) in [5, 5.41) is 3.24. The van der Waals surface area contributed by atoms with Crippen molar-refractivity contribution in [2.75, 3.05) is 32.3 Å². The number of nitrogens with one attached hydrogen (secondary N) is 1. The van der Waals surface area contributed by atoms with Gasteiger partial charge in [-0.2, -0.15) is 0 Å². The SMILES string of the molecule is CNC(CS(=O)CCOC)c1ccc(C(C)C)cc1. The van der Waals surface area contributed by atoms with Gasteiger partial charge < -0.3 is 10.1 Å². The summed E-state index contributed by atoms with van der Waals surface area (Å²) in [4.78, 5) is 0. The molecule has 19 heavy (non-hydrogen) atoms. The molecule has 0 bridgehead atoms. The van der Waals surface area contributed by atoms with E-state index in [0.717, 1.165) is 0 Å². The van der Waals surface area contributed by atoms with Gasteiger partial charge in [0.25, 0.3) is 0 Å². The zero-order valence-corrected chi connectivity index (χ0v) is 13.1. The van der Waals surface area contributed by atoms with Crippen LogP contribution >= 0.6 is 0 Å². The van der Waals surface area contributed by atoms with E-state index in [4.69, 9.17) is 4.74 Å². The molecule has 0 fully saturated rings. The standard InChI is InChI=1S/C15H25NO2S/c1-12(2)13-5-7-14(8-6-13)15(16-3)11-19(17)10-9-18-4/h5-8,12,15-16H,9-11H2,1-4H3. The largest absolute Gasteiger partial charge is 0.384 e. The molecule has 0 aromatic heterocycles. The van der Waals surface area contributed by atoms with Crippen LogP contribution in [0.25, 0.3) is 0 Å². The summed E-state index contributed by atoms with van der Waals surface area (Å²) in [5.74, 6) is 1.76.